The molecule has 1 fully saturated rings. The van der Waals surface area contributed by atoms with Crippen LogP contribution in [0.4, 0.5) is 5.82 Å². The molecule has 1 saturated carbocycles. The molecule has 4 nitrogen and oxygen atoms in total. The molecule has 1 aliphatic rings. The highest BCUT2D eigenvalue weighted by molar-refractivity contribution is 5.23. The van der Waals surface area contributed by atoms with Gasteiger partial charge in [0, 0.05) is 26.0 Å². The van der Waals surface area contributed by atoms with Gasteiger partial charge >= 0.3 is 0 Å². The smallest absolute Gasteiger partial charge is 0.145 e. The van der Waals surface area contributed by atoms with Gasteiger partial charge in [0.1, 0.15) is 5.82 Å². The molecule has 1 aromatic rings. The van der Waals surface area contributed by atoms with E-state index in [2.05, 4.69) is 5.10 Å². The van der Waals surface area contributed by atoms with E-state index < -0.39 is 0 Å². The van der Waals surface area contributed by atoms with Crippen LogP contribution in [0.3, 0.4) is 0 Å². The maximum absolute atomic E-state index is 5.51. The van der Waals surface area contributed by atoms with Crippen LogP contribution in [-0.4, -0.2) is 23.0 Å². The predicted octanol–water partition coefficient (Wildman–Crippen LogP) is 1.28. The van der Waals surface area contributed by atoms with Crippen molar-refractivity contribution in [3.05, 3.63) is 12.3 Å². The van der Waals surface area contributed by atoms with E-state index in [1.807, 2.05) is 16.9 Å². The topological polar surface area (TPSA) is 53.1 Å². The standard InChI is InChI=1S/C10H17N3O/c11-10-4-6-13(12-10)5-1-7-14-8-9-2-3-9/h4,6,9H,1-3,5,7-8H2,(H2,11,12). The van der Waals surface area contributed by atoms with Crippen molar-refractivity contribution in [2.45, 2.75) is 25.8 Å². The Bertz CT molecular complexity index is 281. The highest BCUT2D eigenvalue weighted by Crippen LogP contribution is 2.28. The van der Waals surface area contributed by atoms with E-state index in [4.69, 9.17) is 10.5 Å². The fraction of sp³-hybridized carbons (Fsp3) is 0.700. The van der Waals surface area contributed by atoms with Crippen LogP contribution < -0.4 is 5.73 Å². The summed E-state index contributed by atoms with van der Waals surface area (Å²) in [6.07, 6.45) is 5.62. The van der Waals surface area contributed by atoms with Gasteiger partial charge in [0.2, 0.25) is 0 Å². The molecule has 0 unspecified atom stereocenters. The highest BCUT2D eigenvalue weighted by atomic mass is 16.5. The Morgan fingerprint density at radius 1 is 1.57 bits per heavy atom. The number of anilines is 1. The van der Waals surface area contributed by atoms with Crippen molar-refractivity contribution < 1.29 is 4.74 Å². The van der Waals surface area contributed by atoms with Crippen molar-refractivity contribution in [3.63, 3.8) is 0 Å². The van der Waals surface area contributed by atoms with Gasteiger partial charge in [0.05, 0.1) is 0 Å². The second-order valence-corrected chi connectivity index (χ2v) is 3.88. The predicted molar refractivity (Wildman–Crippen MR) is 54.8 cm³/mol. The molecule has 0 atom stereocenters. The highest BCUT2D eigenvalue weighted by Gasteiger charge is 2.20. The van der Waals surface area contributed by atoms with E-state index >= 15 is 0 Å². The van der Waals surface area contributed by atoms with Crippen LogP contribution in [0.15, 0.2) is 12.3 Å². The van der Waals surface area contributed by atoms with Gasteiger partial charge in [-0.15, -0.1) is 0 Å². The van der Waals surface area contributed by atoms with Crippen molar-refractivity contribution >= 4 is 5.82 Å². The largest absolute Gasteiger partial charge is 0.382 e. The lowest BCUT2D eigenvalue weighted by atomic mass is 10.4. The molecule has 0 spiro atoms. The van der Waals surface area contributed by atoms with E-state index in [1.54, 1.807) is 0 Å². The Morgan fingerprint density at radius 2 is 2.43 bits per heavy atom. The number of ether oxygens (including phenoxy) is 1. The van der Waals surface area contributed by atoms with Crippen LogP contribution in [0.1, 0.15) is 19.3 Å². The van der Waals surface area contributed by atoms with Crippen LogP contribution in [0.5, 0.6) is 0 Å². The molecule has 0 saturated heterocycles. The summed E-state index contributed by atoms with van der Waals surface area (Å²) in [6.45, 7) is 2.67. The van der Waals surface area contributed by atoms with Crippen molar-refractivity contribution in [1.82, 2.24) is 9.78 Å². The molecule has 14 heavy (non-hydrogen) atoms. The van der Waals surface area contributed by atoms with Gasteiger partial charge in [-0.3, -0.25) is 4.68 Å². The third kappa shape index (κ3) is 3.03. The fourth-order valence-corrected chi connectivity index (χ4v) is 1.37. The maximum Gasteiger partial charge on any atom is 0.145 e. The summed E-state index contributed by atoms with van der Waals surface area (Å²) in [4.78, 5) is 0. The molecule has 1 aromatic heterocycles. The summed E-state index contributed by atoms with van der Waals surface area (Å²) in [7, 11) is 0. The van der Waals surface area contributed by atoms with Gasteiger partial charge in [-0.05, 0) is 31.2 Å². The zero-order valence-corrected chi connectivity index (χ0v) is 8.35. The Hall–Kier alpha value is -1.03. The Balaban J connectivity index is 1.53. The lowest BCUT2D eigenvalue weighted by molar-refractivity contribution is 0.118. The molecule has 1 aliphatic carbocycles. The number of nitrogens with zero attached hydrogens (tertiary/aromatic N) is 2. The van der Waals surface area contributed by atoms with E-state index in [9.17, 15) is 0 Å². The summed E-state index contributed by atoms with van der Waals surface area (Å²) >= 11 is 0. The minimum absolute atomic E-state index is 0.587. The van der Waals surface area contributed by atoms with Crippen LogP contribution in [-0.2, 0) is 11.3 Å². The molecular weight excluding hydrogens is 178 g/mol. The maximum atomic E-state index is 5.51. The quantitative estimate of drug-likeness (QED) is 0.696. The molecule has 1 heterocycles. The average molecular weight is 195 g/mol. The van der Waals surface area contributed by atoms with Gasteiger partial charge in [-0.1, -0.05) is 0 Å². The minimum Gasteiger partial charge on any atom is -0.382 e. The van der Waals surface area contributed by atoms with Crippen LogP contribution in [0.25, 0.3) is 0 Å². The normalized spacial score (nSPS) is 16.0. The molecule has 0 aliphatic heterocycles. The molecule has 0 amide bonds. The Labute approximate surface area is 84.0 Å². The SMILES string of the molecule is Nc1ccn(CCCOCC2CC2)n1. The Kier molecular flexibility index (Phi) is 3.03. The van der Waals surface area contributed by atoms with Crippen LogP contribution in [0.2, 0.25) is 0 Å². The number of hydrogen-bond acceptors (Lipinski definition) is 3. The molecule has 0 aromatic carbocycles. The fourth-order valence-electron chi connectivity index (χ4n) is 1.37. The van der Waals surface area contributed by atoms with Gasteiger partial charge < -0.3 is 10.5 Å². The minimum atomic E-state index is 0.587. The van der Waals surface area contributed by atoms with Crippen molar-refractivity contribution in [2.75, 3.05) is 18.9 Å². The third-order valence-electron chi connectivity index (χ3n) is 2.39. The monoisotopic (exact) mass is 195 g/mol. The summed E-state index contributed by atoms with van der Waals surface area (Å²) in [5.74, 6) is 1.44. The Morgan fingerprint density at radius 3 is 3.07 bits per heavy atom. The number of aromatic nitrogens is 2. The summed E-state index contributed by atoms with van der Waals surface area (Å²) in [6, 6.07) is 1.81. The second kappa shape index (κ2) is 4.46. The zero-order chi connectivity index (χ0) is 9.80. The van der Waals surface area contributed by atoms with E-state index in [0.717, 1.165) is 32.1 Å². The molecule has 0 radical (unpaired) electrons. The first-order valence-electron chi connectivity index (χ1n) is 5.21. The zero-order valence-electron chi connectivity index (χ0n) is 8.35. The number of nitrogens with two attached hydrogens (primary N) is 1. The first-order valence-corrected chi connectivity index (χ1v) is 5.21. The van der Waals surface area contributed by atoms with E-state index in [1.165, 1.54) is 12.8 Å². The van der Waals surface area contributed by atoms with Gasteiger partial charge in [0.25, 0.3) is 0 Å². The van der Waals surface area contributed by atoms with Crippen LogP contribution in [0, 0.1) is 5.92 Å². The van der Waals surface area contributed by atoms with Crippen molar-refractivity contribution in [3.8, 4) is 0 Å². The second-order valence-electron chi connectivity index (χ2n) is 3.88. The number of nitrogen functional groups attached to an aromatic ring is 1. The molecule has 2 N–H and O–H groups in total. The van der Waals surface area contributed by atoms with Crippen molar-refractivity contribution in [2.24, 2.45) is 5.92 Å². The summed E-state index contributed by atoms with van der Waals surface area (Å²) in [5, 5.41) is 4.09. The first kappa shape index (κ1) is 9.52. The molecule has 2 rings (SSSR count). The number of rotatable bonds is 6. The average Bonchev–Trinajstić information content (AvgIpc) is 2.89. The van der Waals surface area contributed by atoms with E-state index in [0.29, 0.717) is 5.82 Å². The number of hydrogen-bond donors (Lipinski definition) is 1. The molecule has 4 heteroatoms. The lowest BCUT2D eigenvalue weighted by Crippen LogP contribution is -2.05. The molecular formula is C10H17N3O. The first-order chi connectivity index (χ1) is 6.84. The van der Waals surface area contributed by atoms with Gasteiger partial charge in [-0.2, -0.15) is 5.10 Å². The summed E-state index contributed by atoms with van der Waals surface area (Å²) < 4.78 is 7.37. The van der Waals surface area contributed by atoms with Gasteiger partial charge in [-0.25, -0.2) is 0 Å². The molecule has 78 valence electrons. The van der Waals surface area contributed by atoms with Gasteiger partial charge in [0.15, 0.2) is 0 Å². The third-order valence-corrected chi connectivity index (χ3v) is 2.39. The van der Waals surface area contributed by atoms with E-state index in [-0.39, 0.29) is 0 Å². The number of aryl methyl sites for hydroxylation is 1. The van der Waals surface area contributed by atoms with Crippen molar-refractivity contribution in [1.29, 1.82) is 0 Å². The molecule has 0 bridgehead atoms. The summed E-state index contributed by atoms with van der Waals surface area (Å²) in [5.41, 5.74) is 5.49. The lowest BCUT2D eigenvalue weighted by Gasteiger charge is -2.03. The van der Waals surface area contributed by atoms with Crippen LogP contribution >= 0.6 is 0 Å².